The van der Waals surface area contributed by atoms with E-state index < -0.39 is 0 Å². The molecule has 1 atom stereocenters. The Morgan fingerprint density at radius 2 is 1.81 bits per heavy atom. The quantitative estimate of drug-likeness (QED) is 0.843. The van der Waals surface area contributed by atoms with E-state index in [9.17, 15) is 9.59 Å². The fourth-order valence-electron chi connectivity index (χ4n) is 4.02. The molecule has 1 N–H and O–H groups in total. The Morgan fingerprint density at radius 1 is 1.07 bits per heavy atom. The van der Waals surface area contributed by atoms with Crippen molar-refractivity contribution in [3.63, 3.8) is 0 Å². The van der Waals surface area contributed by atoms with Gasteiger partial charge in [-0.05, 0) is 30.5 Å². The summed E-state index contributed by atoms with van der Waals surface area (Å²) in [5.74, 6) is 0.694. The Morgan fingerprint density at radius 3 is 2.52 bits per heavy atom. The number of nitrogens with zero attached hydrogens (tertiary/aromatic N) is 3. The lowest BCUT2D eigenvalue weighted by molar-refractivity contribution is -0.141. The van der Waals surface area contributed by atoms with Crippen molar-refractivity contribution in [3.8, 4) is 0 Å². The first-order valence-corrected chi connectivity index (χ1v) is 10.3. The maximum absolute atomic E-state index is 12.9. The molecule has 4 rings (SSSR count). The van der Waals surface area contributed by atoms with Gasteiger partial charge in [-0.25, -0.2) is 0 Å². The zero-order valence-corrected chi connectivity index (χ0v) is 16.3. The highest BCUT2D eigenvalue weighted by Crippen LogP contribution is 2.31. The molecule has 1 aliphatic carbocycles. The van der Waals surface area contributed by atoms with Crippen molar-refractivity contribution in [1.29, 1.82) is 0 Å². The van der Waals surface area contributed by atoms with E-state index in [2.05, 4.69) is 16.3 Å². The van der Waals surface area contributed by atoms with Gasteiger partial charge in [-0.3, -0.25) is 14.5 Å². The van der Waals surface area contributed by atoms with Crippen molar-refractivity contribution in [3.05, 3.63) is 34.9 Å². The van der Waals surface area contributed by atoms with Crippen molar-refractivity contribution in [2.45, 2.75) is 18.9 Å². The predicted molar refractivity (Wildman–Crippen MR) is 105 cm³/mol. The van der Waals surface area contributed by atoms with E-state index in [4.69, 9.17) is 11.6 Å². The molecule has 0 bridgehead atoms. The average molecular weight is 391 g/mol. The second kappa shape index (κ2) is 8.17. The van der Waals surface area contributed by atoms with Crippen molar-refractivity contribution < 1.29 is 9.59 Å². The first-order valence-electron chi connectivity index (χ1n) is 9.88. The SMILES string of the molecule is O=C(CN1CCNCC1c1cccc(Cl)c1)N1CCN(C(=O)C2CC2)CC1. The van der Waals surface area contributed by atoms with Gasteiger partial charge < -0.3 is 15.1 Å². The fraction of sp³-hybridized carbons (Fsp3) is 0.600. The van der Waals surface area contributed by atoms with Crippen molar-refractivity contribution in [2.75, 3.05) is 52.4 Å². The molecule has 146 valence electrons. The number of hydrogen-bond acceptors (Lipinski definition) is 4. The summed E-state index contributed by atoms with van der Waals surface area (Å²) < 4.78 is 0. The van der Waals surface area contributed by atoms with Crippen molar-refractivity contribution in [2.24, 2.45) is 5.92 Å². The first-order chi connectivity index (χ1) is 13.1. The van der Waals surface area contributed by atoms with Crippen LogP contribution in [0.1, 0.15) is 24.4 Å². The zero-order valence-electron chi connectivity index (χ0n) is 15.6. The van der Waals surface area contributed by atoms with Crippen LogP contribution in [-0.2, 0) is 9.59 Å². The van der Waals surface area contributed by atoms with E-state index in [-0.39, 0.29) is 23.8 Å². The molecule has 1 unspecified atom stereocenters. The summed E-state index contributed by atoms with van der Waals surface area (Å²) >= 11 is 6.16. The number of hydrogen-bond donors (Lipinski definition) is 1. The minimum absolute atomic E-state index is 0.152. The van der Waals surface area contributed by atoms with Crippen LogP contribution in [0.2, 0.25) is 5.02 Å². The number of rotatable bonds is 4. The van der Waals surface area contributed by atoms with Gasteiger partial charge in [0.25, 0.3) is 0 Å². The lowest BCUT2D eigenvalue weighted by Crippen LogP contribution is -2.55. The summed E-state index contributed by atoms with van der Waals surface area (Å²) in [6, 6.07) is 8.04. The van der Waals surface area contributed by atoms with Crippen LogP contribution >= 0.6 is 11.6 Å². The third-order valence-electron chi connectivity index (χ3n) is 5.80. The van der Waals surface area contributed by atoms with Gasteiger partial charge >= 0.3 is 0 Å². The molecule has 0 radical (unpaired) electrons. The van der Waals surface area contributed by atoms with E-state index in [0.29, 0.717) is 32.7 Å². The normalized spacial score (nSPS) is 24.1. The number of nitrogens with one attached hydrogen (secondary N) is 1. The molecule has 1 saturated carbocycles. The molecule has 3 fully saturated rings. The Balaban J connectivity index is 1.34. The molecule has 1 aromatic carbocycles. The average Bonchev–Trinajstić information content (AvgIpc) is 3.53. The molecule has 0 aromatic heterocycles. The zero-order chi connectivity index (χ0) is 18.8. The molecular weight excluding hydrogens is 364 g/mol. The Hall–Kier alpha value is -1.63. The molecule has 2 heterocycles. The second-order valence-electron chi connectivity index (χ2n) is 7.73. The highest BCUT2D eigenvalue weighted by molar-refractivity contribution is 6.30. The summed E-state index contributed by atoms with van der Waals surface area (Å²) in [6.07, 6.45) is 2.07. The first kappa shape index (κ1) is 18.7. The number of carbonyl (C=O) groups is 2. The monoisotopic (exact) mass is 390 g/mol. The van der Waals surface area contributed by atoms with Gasteiger partial charge in [0, 0.05) is 62.8 Å². The van der Waals surface area contributed by atoms with Crippen LogP contribution in [0.4, 0.5) is 0 Å². The molecule has 0 spiro atoms. The van der Waals surface area contributed by atoms with E-state index in [0.717, 1.165) is 43.1 Å². The highest BCUT2D eigenvalue weighted by Gasteiger charge is 2.35. The number of halogens is 1. The topological polar surface area (TPSA) is 55.9 Å². The standard InChI is InChI=1S/C20H27ClN4O2/c21-17-3-1-2-16(12-17)18-13-22-6-7-25(18)14-19(26)23-8-10-24(11-9-23)20(27)15-4-5-15/h1-3,12,15,18,22H,4-11,13-14H2. The van der Waals surface area contributed by atoms with Crippen LogP contribution in [0, 0.1) is 5.92 Å². The molecule has 1 aromatic rings. The molecule has 2 amide bonds. The lowest BCUT2D eigenvalue weighted by Gasteiger charge is -2.39. The largest absolute Gasteiger partial charge is 0.339 e. The Bertz CT molecular complexity index is 701. The van der Waals surface area contributed by atoms with E-state index in [1.165, 1.54) is 0 Å². The smallest absolute Gasteiger partial charge is 0.236 e. The van der Waals surface area contributed by atoms with Gasteiger partial charge in [0.05, 0.1) is 6.54 Å². The molecule has 7 heteroatoms. The van der Waals surface area contributed by atoms with Crippen LogP contribution in [-0.4, -0.2) is 78.9 Å². The minimum atomic E-state index is 0.152. The van der Waals surface area contributed by atoms with Gasteiger partial charge in [0.1, 0.15) is 0 Å². The van der Waals surface area contributed by atoms with Gasteiger partial charge in [-0.2, -0.15) is 0 Å². The third-order valence-corrected chi connectivity index (χ3v) is 6.03. The van der Waals surface area contributed by atoms with Gasteiger partial charge in [0.15, 0.2) is 0 Å². The predicted octanol–water partition coefficient (Wildman–Crippen LogP) is 1.37. The van der Waals surface area contributed by atoms with Crippen molar-refractivity contribution >= 4 is 23.4 Å². The van der Waals surface area contributed by atoms with Crippen molar-refractivity contribution in [1.82, 2.24) is 20.0 Å². The lowest BCUT2D eigenvalue weighted by atomic mass is 10.0. The summed E-state index contributed by atoms with van der Waals surface area (Å²) in [4.78, 5) is 31.1. The van der Waals surface area contributed by atoms with Crippen LogP contribution in [0.3, 0.4) is 0 Å². The number of piperazine rings is 2. The van der Waals surface area contributed by atoms with Gasteiger partial charge in [-0.1, -0.05) is 23.7 Å². The summed E-state index contributed by atoms with van der Waals surface area (Å²) in [5.41, 5.74) is 1.14. The Kier molecular flexibility index (Phi) is 5.66. The van der Waals surface area contributed by atoms with E-state index >= 15 is 0 Å². The van der Waals surface area contributed by atoms with Gasteiger partial charge in [-0.15, -0.1) is 0 Å². The summed E-state index contributed by atoms with van der Waals surface area (Å²) in [7, 11) is 0. The summed E-state index contributed by atoms with van der Waals surface area (Å²) in [6.45, 7) is 5.57. The van der Waals surface area contributed by atoms with Crippen LogP contribution in [0.25, 0.3) is 0 Å². The minimum Gasteiger partial charge on any atom is -0.339 e. The van der Waals surface area contributed by atoms with Gasteiger partial charge in [0.2, 0.25) is 11.8 Å². The van der Waals surface area contributed by atoms with E-state index in [1.807, 2.05) is 28.0 Å². The molecule has 2 aliphatic heterocycles. The molecular formula is C20H27ClN4O2. The molecule has 27 heavy (non-hydrogen) atoms. The third kappa shape index (κ3) is 4.45. The summed E-state index contributed by atoms with van der Waals surface area (Å²) in [5, 5.41) is 4.14. The van der Waals surface area contributed by atoms with Crippen LogP contribution in [0.15, 0.2) is 24.3 Å². The second-order valence-corrected chi connectivity index (χ2v) is 8.16. The number of amides is 2. The number of carbonyl (C=O) groups excluding carboxylic acids is 2. The molecule has 2 saturated heterocycles. The molecule has 3 aliphatic rings. The van der Waals surface area contributed by atoms with Crippen LogP contribution in [0.5, 0.6) is 0 Å². The maximum Gasteiger partial charge on any atom is 0.236 e. The Labute approximate surface area is 165 Å². The molecule has 6 nitrogen and oxygen atoms in total. The number of benzene rings is 1. The van der Waals surface area contributed by atoms with Crippen LogP contribution < -0.4 is 5.32 Å². The van der Waals surface area contributed by atoms with E-state index in [1.54, 1.807) is 0 Å². The fourth-order valence-corrected chi connectivity index (χ4v) is 4.22. The highest BCUT2D eigenvalue weighted by atomic mass is 35.5. The maximum atomic E-state index is 12.9.